The molecule has 2 aromatic carbocycles. The maximum atomic E-state index is 12.7. The summed E-state index contributed by atoms with van der Waals surface area (Å²) in [6.07, 6.45) is 7.06. The van der Waals surface area contributed by atoms with Crippen LogP contribution in [0.3, 0.4) is 0 Å². The van der Waals surface area contributed by atoms with Crippen LogP contribution in [0.2, 0.25) is 0 Å². The second kappa shape index (κ2) is 6.12. The summed E-state index contributed by atoms with van der Waals surface area (Å²) >= 11 is 0. The number of ether oxygens (including phenoxy) is 1. The minimum atomic E-state index is 0.155. The molecule has 0 saturated heterocycles. The van der Waals surface area contributed by atoms with Crippen LogP contribution in [0.15, 0.2) is 66.3 Å². The van der Waals surface area contributed by atoms with Gasteiger partial charge in [-0.25, -0.2) is 0 Å². The van der Waals surface area contributed by atoms with Crippen molar-refractivity contribution in [2.75, 3.05) is 7.11 Å². The fraction of sp³-hybridized carbons (Fsp3) is 0.227. The number of hydrogen-bond donors (Lipinski definition) is 0. The minimum absolute atomic E-state index is 0.155. The minimum Gasteiger partial charge on any atom is -0.496 e. The number of carbonyl (C=O) groups is 1. The molecule has 2 heteroatoms. The van der Waals surface area contributed by atoms with E-state index in [1.165, 1.54) is 16.7 Å². The Morgan fingerprint density at radius 1 is 1.04 bits per heavy atom. The van der Waals surface area contributed by atoms with Crippen LogP contribution in [0.1, 0.15) is 34.3 Å². The van der Waals surface area contributed by atoms with E-state index in [9.17, 15) is 4.79 Å². The molecular formula is C22H20O2. The molecule has 0 N–H and O–H groups in total. The van der Waals surface area contributed by atoms with Gasteiger partial charge in [0.15, 0.2) is 5.78 Å². The normalized spacial score (nSPS) is 18.8. The van der Waals surface area contributed by atoms with E-state index in [4.69, 9.17) is 4.74 Å². The molecule has 0 radical (unpaired) electrons. The van der Waals surface area contributed by atoms with Crippen molar-refractivity contribution in [3.05, 3.63) is 82.9 Å². The van der Waals surface area contributed by atoms with Crippen LogP contribution in [0.5, 0.6) is 5.75 Å². The van der Waals surface area contributed by atoms with Gasteiger partial charge in [-0.05, 0) is 42.4 Å². The van der Waals surface area contributed by atoms with E-state index < -0.39 is 0 Å². The number of rotatable bonds is 3. The molecule has 0 amide bonds. The summed E-state index contributed by atoms with van der Waals surface area (Å²) in [5.74, 6) is 1.56. The van der Waals surface area contributed by atoms with Gasteiger partial charge in [-0.2, -0.15) is 0 Å². The molecule has 2 aliphatic carbocycles. The SMILES string of the molecule is COc1cccc2c1CC[C@H]1CC(C(=O)c3ccccc3)=CC=C21. The van der Waals surface area contributed by atoms with Gasteiger partial charge in [-0.1, -0.05) is 54.6 Å². The molecule has 0 aromatic heterocycles. The van der Waals surface area contributed by atoms with Gasteiger partial charge >= 0.3 is 0 Å². The van der Waals surface area contributed by atoms with E-state index in [1.807, 2.05) is 42.5 Å². The summed E-state index contributed by atoms with van der Waals surface area (Å²) in [6.45, 7) is 0. The molecule has 0 bridgehead atoms. The van der Waals surface area contributed by atoms with Gasteiger partial charge in [0.2, 0.25) is 0 Å². The lowest BCUT2D eigenvalue weighted by molar-refractivity contribution is 0.102. The Bertz CT molecular complexity index is 844. The molecule has 2 nitrogen and oxygen atoms in total. The van der Waals surface area contributed by atoms with Gasteiger partial charge in [0, 0.05) is 16.7 Å². The molecule has 0 fully saturated rings. The van der Waals surface area contributed by atoms with E-state index >= 15 is 0 Å². The monoisotopic (exact) mass is 316 g/mol. The molecule has 2 aromatic rings. The average molecular weight is 316 g/mol. The maximum Gasteiger partial charge on any atom is 0.189 e. The Labute approximate surface area is 142 Å². The molecule has 0 heterocycles. The fourth-order valence-corrected chi connectivity index (χ4v) is 3.88. The van der Waals surface area contributed by atoms with Crippen LogP contribution in [-0.4, -0.2) is 12.9 Å². The van der Waals surface area contributed by atoms with Crippen LogP contribution >= 0.6 is 0 Å². The number of carbonyl (C=O) groups excluding carboxylic acids is 1. The largest absolute Gasteiger partial charge is 0.496 e. The predicted octanol–water partition coefficient (Wildman–Crippen LogP) is 4.85. The molecule has 0 saturated carbocycles. The van der Waals surface area contributed by atoms with Crippen molar-refractivity contribution in [3.63, 3.8) is 0 Å². The quantitative estimate of drug-likeness (QED) is 0.756. The zero-order chi connectivity index (χ0) is 16.5. The first kappa shape index (κ1) is 14.9. The predicted molar refractivity (Wildman–Crippen MR) is 96.3 cm³/mol. The van der Waals surface area contributed by atoms with E-state index in [0.29, 0.717) is 5.92 Å². The van der Waals surface area contributed by atoms with Crippen molar-refractivity contribution < 1.29 is 9.53 Å². The average Bonchev–Trinajstić information content (AvgIpc) is 2.66. The lowest BCUT2D eigenvalue weighted by Crippen LogP contribution is -2.19. The molecule has 0 spiro atoms. The van der Waals surface area contributed by atoms with Gasteiger partial charge in [0.25, 0.3) is 0 Å². The molecule has 1 atom stereocenters. The van der Waals surface area contributed by atoms with Crippen LogP contribution < -0.4 is 4.74 Å². The number of Topliss-reactive ketones (excluding diaryl/α,β-unsaturated/α-hetero) is 1. The summed E-state index contributed by atoms with van der Waals surface area (Å²) in [6, 6.07) is 15.8. The van der Waals surface area contributed by atoms with Crippen molar-refractivity contribution in [2.45, 2.75) is 19.3 Å². The molecular weight excluding hydrogens is 296 g/mol. The Kier molecular flexibility index (Phi) is 3.81. The molecule has 0 aliphatic heterocycles. The molecule has 120 valence electrons. The standard InChI is InChI=1S/C22H20O2/c1-24-21-9-5-8-19-18-12-11-17(14-16(18)10-13-20(19)21)22(23)15-6-3-2-4-7-15/h2-9,11-12,16H,10,13-14H2,1H3/t16-/m0/s1. The second-order valence-corrected chi connectivity index (χ2v) is 6.44. The number of ketones is 1. The summed E-state index contributed by atoms with van der Waals surface area (Å²) in [4.78, 5) is 12.7. The van der Waals surface area contributed by atoms with Gasteiger partial charge < -0.3 is 4.74 Å². The lowest BCUT2D eigenvalue weighted by atomic mass is 9.73. The van der Waals surface area contributed by atoms with E-state index in [2.05, 4.69) is 18.2 Å². The summed E-state index contributed by atoms with van der Waals surface area (Å²) in [5.41, 5.74) is 5.63. The first-order valence-electron chi connectivity index (χ1n) is 8.44. The highest BCUT2D eigenvalue weighted by Crippen LogP contribution is 2.44. The number of benzene rings is 2. The zero-order valence-corrected chi connectivity index (χ0v) is 13.8. The molecule has 0 unspecified atom stereocenters. The van der Waals surface area contributed by atoms with Gasteiger partial charge in [-0.3, -0.25) is 4.79 Å². The Morgan fingerprint density at radius 3 is 2.67 bits per heavy atom. The van der Waals surface area contributed by atoms with Gasteiger partial charge in [0.05, 0.1) is 7.11 Å². The highest BCUT2D eigenvalue weighted by atomic mass is 16.5. The topological polar surface area (TPSA) is 26.3 Å². The van der Waals surface area contributed by atoms with Crippen molar-refractivity contribution in [1.82, 2.24) is 0 Å². The number of hydrogen-bond acceptors (Lipinski definition) is 2. The number of methoxy groups -OCH3 is 1. The first-order valence-corrected chi connectivity index (χ1v) is 8.44. The smallest absolute Gasteiger partial charge is 0.189 e. The van der Waals surface area contributed by atoms with Crippen molar-refractivity contribution in [1.29, 1.82) is 0 Å². The van der Waals surface area contributed by atoms with Gasteiger partial charge in [-0.15, -0.1) is 0 Å². The summed E-state index contributed by atoms with van der Waals surface area (Å²) < 4.78 is 5.51. The third-order valence-corrected chi connectivity index (χ3v) is 5.10. The number of allylic oxidation sites excluding steroid dienone is 4. The van der Waals surface area contributed by atoms with Crippen molar-refractivity contribution in [3.8, 4) is 5.75 Å². The fourth-order valence-electron chi connectivity index (χ4n) is 3.88. The van der Waals surface area contributed by atoms with E-state index in [0.717, 1.165) is 36.1 Å². The summed E-state index contributed by atoms with van der Waals surface area (Å²) in [7, 11) is 1.73. The lowest BCUT2D eigenvalue weighted by Gasteiger charge is -2.31. The summed E-state index contributed by atoms with van der Waals surface area (Å²) in [5, 5.41) is 0. The first-order chi connectivity index (χ1) is 11.8. The zero-order valence-electron chi connectivity index (χ0n) is 13.8. The number of fused-ring (bicyclic) bond motifs is 3. The third kappa shape index (κ3) is 2.48. The van der Waals surface area contributed by atoms with E-state index in [-0.39, 0.29) is 5.78 Å². The molecule has 4 rings (SSSR count). The Hall–Kier alpha value is -2.61. The molecule has 2 aliphatic rings. The third-order valence-electron chi connectivity index (χ3n) is 5.10. The van der Waals surface area contributed by atoms with Crippen molar-refractivity contribution in [2.24, 2.45) is 5.92 Å². The highest BCUT2D eigenvalue weighted by molar-refractivity contribution is 6.09. The second-order valence-electron chi connectivity index (χ2n) is 6.44. The van der Waals surface area contributed by atoms with Crippen LogP contribution in [-0.2, 0) is 6.42 Å². The van der Waals surface area contributed by atoms with E-state index in [1.54, 1.807) is 7.11 Å². The van der Waals surface area contributed by atoms with Crippen LogP contribution in [0.4, 0.5) is 0 Å². The Balaban J connectivity index is 1.70. The molecule has 24 heavy (non-hydrogen) atoms. The van der Waals surface area contributed by atoms with Crippen LogP contribution in [0, 0.1) is 5.92 Å². The maximum absolute atomic E-state index is 12.7. The van der Waals surface area contributed by atoms with Gasteiger partial charge in [0.1, 0.15) is 5.75 Å². The highest BCUT2D eigenvalue weighted by Gasteiger charge is 2.29. The Morgan fingerprint density at radius 2 is 1.88 bits per heavy atom. The van der Waals surface area contributed by atoms with Crippen LogP contribution in [0.25, 0.3) is 5.57 Å². The van der Waals surface area contributed by atoms with Crippen molar-refractivity contribution >= 4 is 11.4 Å².